The van der Waals surface area contributed by atoms with Gasteiger partial charge in [0.2, 0.25) is 0 Å². The molecular weight excluding hydrogens is 310 g/mol. The van der Waals surface area contributed by atoms with E-state index in [0.717, 1.165) is 0 Å². The number of piperazine rings is 1. The zero-order valence-corrected chi connectivity index (χ0v) is 13.0. The summed E-state index contributed by atoms with van der Waals surface area (Å²) in [5, 5.41) is 9.18. The SMILES string of the molecule is CCOC(=O)CN1CCN(c2ccc(Cl)c(C(=O)O)n2)CC1. The normalized spacial score (nSPS) is 15.6. The summed E-state index contributed by atoms with van der Waals surface area (Å²) in [7, 11) is 0. The summed E-state index contributed by atoms with van der Waals surface area (Å²) in [6, 6.07) is 3.24. The van der Waals surface area contributed by atoms with Crippen molar-refractivity contribution in [3.8, 4) is 0 Å². The molecule has 8 heteroatoms. The molecule has 0 saturated carbocycles. The highest BCUT2D eigenvalue weighted by molar-refractivity contribution is 6.33. The Hall–Kier alpha value is -1.86. The molecule has 1 aromatic rings. The number of anilines is 1. The molecule has 0 amide bonds. The van der Waals surface area contributed by atoms with Crippen molar-refractivity contribution < 1.29 is 19.4 Å². The maximum atomic E-state index is 11.5. The second-order valence-electron chi connectivity index (χ2n) is 4.87. The van der Waals surface area contributed by atoms with E-state index in [1.165, 1.54) is 0 Å². The zero-order valence-electron chi connectivity index (χ0n) is 12.3. The van der Waals surface area contributed by atoms with Crippen LogP contribution in [0.15, 0.2) is 12.1 Å². The number of aromatic carboxylic acids is 1. The molecule has 1 aliphatic rings. The van der Waals surface area contributed by atoms with Crippen LogP contribution in [-0.2, 0) is 9.53 Å². The predicted octanol–water partition coefficient (Wildman–Crippen LogP) is 1.12. The largest absolute Gasteiger partial charge is 0.476 e. The molecule has 0 bridgehead atoms. The van der Waals surface area contributed by atoms with Gasteiger partial charge in [0, 0.05) is 26.2 Å². The molecule has 0 spiro atoms. The third-order valence-corrected chi connectivity index (χ3v) is 3.69. The van der Waals surface area contributed by atoms with Gasteiger partial charge in [0.25, 0.3) is 0 Å². The number of rotatable bonds is 5. The number of esters is 1. The molecule has 1 fully saturated rings. The van der Waals surface area contributed by atoms with E-state index in [2.05, 4.69) is 4.98 Å². The second-order valence-corrected chi connectivity index (χ2v) is 5.28. The van der Waals surface area contributed by atoms with Gasteiger partial charge in [0.15, 0.2) is 5.69 Å². The number of aromatic nitrogens is 1. The maximum absolute atomic E-state index is 11.5. The molecule has 0 radical (unpaired) electrons. The lowest BCUT2D eigenvalue weighted by molar-refractivity contribution is -0.144. The van der Waals surface area contributed by atoms with E-state index in [4.69, 9.17) is 21.4 Å². The smallest absolute Gasteiger partial charge is 0.356 e. The molecule has 1 aliphatic heterocycles. The summed E-state index contributed by atoms with van der Waals surface area (Å²) >= 11 is 5.82. The topological polar surface area (TPSA) is 83.0 Å². The van der Waals surface area contributed by atoms with Crippen molar-refractivity contribution in [2.24, 2.45) is 0 Å². The van der Waals surface area contributed by atoms with Crippen LogP contribution < -0.4 is 4.90 Å². The molecule has 22 heavy (non-hydrogen) atoms. The second kappa shape index (κ2) is 7.42. The monoisotopic (exact) mass is 327 g/mol. The number of carbonyl (C=O) groups excluding carboxylic acids is 1. The van der Waals surface area contributed by atoms with Gasteiger partial charge >= 0.3 is 11.9 Å². The molecule has 2 heterocycles. The average Bonchev–Trinajstić information content (AvgIpc) is 2.48. The number of hydrogen-bond acceptors (Lipinski definition) is 6. The molecule has 1 saturated heterocycles. The zero-order chi connectivity index (χ0) is 16.1. The fraction of sp³-hybridized carbons (Fsp3) is 0.500. The summed E-state index contributed by atoms with van der Waals surface area (Å²) in [6.45, 7) is 5.13. The number of carbonyl (C=O) groups is 2. The van der Waals surface area contributed by atoms with Gasteiger partial charge in [-0.05, 0) is 19.1 Å². The van der Waals surface area contributed by atoms with E-state index in [0.29, 0.717) is 38.6 Å². The average molecular weight is 328 g/mol. The van der Waals surface area contributed by atoms with Crippen molar-refractivity contribution >= 4 is 29.4 Å². The Morgan fingerprint density at radius 2 is 2.00 bits per heavy atom. The van der Waals surface area contributed by atoms with E-state index >= 15 is 0 Å². The van der Waals surface area contributed by atoms with Crippen LogP contribution in [0.25, 0.3) is 0 Å². The summed E-state index contributed by atoms with van der Waals surface area (Å²) in [5.74, 6) is -0.792. The van der Waals surface area contributed by atoms with Gasteiger partial charge in [0.05, 0.1) is 18.2 Å². The first kappa shape index (κ1) is 16.5. The number of halogens is 1. The van der Waals surface area contributed by atoms with Gasteiger partial charge in [-0.1, -0.05) is 11.6 Å². The quantitative estimate of drug-likeness (QED) is 0.811. The number of carboxylic acid groups (broad SMARTS) is 1. The van der Waals surface area contributed by atoms with Crippen LogP contribution in [0.1, 0.15) is 17.4 Å². The number of carboxylic acids is 1. The molecular formula is C14H18ClN3O4. The molecule has 1 N–H and O–H groups in total. The number of hydrogen-bond donors (Lipinski definition) is 1. The first-order valence-electron chi connectivity index (χ1n) is 7.04. The van der Waals surface area contributed by atoms with Crippen LogP contribution in [0.3, 0.4) is 0 Å². The highest BCUT2D eigenvalue weighted by atomic mass is 35.5. The molecule has 2 rings (SSSR count). The van der Waals surface area contributed by atoms with Crippen molar-refractivity contribution in [1.29, 1.82) is 0 Å². The lowest BCUT2D eigenvalue weighted by atomic mass is 10.3. The Balaban J connectivity index is 1.96. The molecule has 120 valence electrons. The van der Waals surface area contributed by atoms with Crippen LogP contribution >= 0.6 is 11.6 Å². The van der Waals surface area contributed by atoms with Crippen molar-refractivity contribution in [3.63, 3.8) is 0 Å². The van der Waals surface area contributed by atoms with Crippen molar-refractivity contribution in [2.75, 3.05) is 44.2 Å². The van der Waals surface area contributed by atoms with Crippen molar-refractivity contribution in [1.82, 2.24) is 9.88 Å². The molecule has 0 aromatic carbocycles. The van der Waals surface area contributed by atoms with Crippen LogP contribution in [0.5, 0.6) is 0 Å². The van der Waals surface area contributed by atoms with Gasteiger partial charge in [-0.3, -0.25) is 9.69 Å². The third-order valence-electron chi connectivity index (χ3n) is 3.39. The first-order chi connectivity index (χ1) is 10.5. The lowest BCUT2D eigenvalue weighted by Crippen LogP contribution is -2.48. The Bertz CT molecular complexity index is 559. The van der Waals surface area contributed by atoms with Gasteiger partial charge in [0.1, 0.15) is 5.82 Å². The Labute approximate surface area is 133 Å². The van der Waals surface area contributed by atoms with Crippen LogP contribution in [0.2, 0.25) is 5.02 Å². The van der Waals surface area contributed by atoms with Gasteiger partial charge < -0.3 is 14.7 Å². The van der Waals surface area contributed by atoms with Crippen LogP contribution in [0.4, 0.5) is 5.82 Å². The lowest BCUT2D eigenvalue weighted by Gasteiger charge is -2.34. The van der Waals surface area contributed by atoms with E-state index in [1.54, 1.807) is 19.1 Å². The number of pyridine rings is 1. The fourth-order valence-corrected chi connectivity index (χ4v) is 2.47. The van der Waals surface area contributed by atoms with Gasteiger partial charge in [-0.15, -0.1) is 0 Å². The van der Waals surface area contributed by atoms with Crippen molar-refractivity contribution in [2.45, 2.75) is 6.92 Å². The van der Waals surface area contributed by atoms with Gasteiger partial charge in [-0.2, -0.15) is 0 Å². The summed E-state index contributed by atoms with van der Waals surface area (Å²) in [5.41, 5.74) is -0.145. The minimum absolute atomic E-state index is 0.122. The predicted molar refractivity (Wildman–Crippen MR) is 81.5 cm³/mol. The summed E-state index contributed by atoms with van der Waals surface area (Å²) in [6.07, 6.45) is 0. The summed E-state index contributed by atoms with van der Waals surface area (Å²) in [4.78, 5) is 30.6. The minimum atomic E-state index is -1.15. The van der Waals surface area contributed by atoms with Crippen LogP contribution in [0, 0.1) is 0 Å². The maximum Gasteiger partial charge on any atom is 0.356 e. The molecule has 0 aliphatic carbocycles. The number of nitrogens with zero attached hydrogens (tertiary/aromatic N) is 3. The highest BCUT2D eigenvalue weighted by Gasteiger charge is 2.21. The standard InChI is InChI=1S/C14H18ClN3O4/c1-2-22-12(19)9-17-5-7-18(8-6-17)11-4-3-10(15)13(16-11)14(20)21/h3-4H,2,5-9H2,1H3,(H,20,21). The third kappa shape index (κ3) is 4.08. The summed E-state index contributed by atoms with van der Waals surface area (Å²) < 4.78 is 4.92. The molecule has 1 aromatic heterocycles. The minimum Gasteiger partial charge on any atom is -0.476 e. The van der Waals surface area contributed by atoms with Crippen LogP contribution in [-0.4, -0.2) is 66.3 Å². The molecule has 7 nitrogen and oxygen atoms in total. The van der Waals surface area contributed by atoms with E-state index in [-0.39, 0.29) is 23.2 Å². The fourth-order valence-electron chi connectivity index (χ4n) is 2.28. The number of ether oxygens (including phenoxy) is 1. The Morgan fingerprint density at radius 1 is 1.32 bits per heavy atom. The van der Waals surface area contributed by atoms with Crippen molar-refractivity contribution in [3.05, 3.63) is 22.8 Å². The van der Waals surface area contributed by atoms with E-state index in [9.17, 15) is 9.59 Å². The Kier molecular flexibility index (Phi) is 5.57. The highest BCUT2D eigenvalue weighted by Crippen LogP contribution is 2.20. The molecule has 0 atom stereocenters. The Morgan fingerprint density at radius 3 is 2.59 bits per heavy atom. The van der Waals surface area contributed by atoms with E-state index < -0.39 is 5.97 Å². The van der Waals surface area contributed by atoms with E-state index in [1.807, 2.05) is 9.80 Å². The molecule has 0 unspecified atom stereocenters. The first-order valence-corrected chi connectivity index (χ1v) is 7.41. The van der Waals surface area contributed by atoms with Gasteiger partial charge in [-0.25, -0.2) is 9.78 Å².